The van der Waals surface area contributed by atoms with Gasteiger partial charge in [-0.2, -0.15) is 0 Å². The van der Waals surface area contributed by atoms with Gasteiger partial charge in [-0.15, -0.1) is 0 Å². The summed E-state index contributed by atoms with van der Waals surface area (Å²) in [6.45, 7) is 1.92. The van der Waals surface area contributed by atoms with Gasteiger partial charge < -0.3 is 9.64 Å². The molecule has 1 unspecified atom stereocenters. The van der Waals surface area contributed by atoms with E-state index in [2.05, 4.69) is 0 Å². The number of benzene rings is 1. The number of carbonyl (C=O) groups excluding carboxylic acids is 1. The molecule has 98 valence electrons. The Balaban J connectivity index is 2.67. The first-order valence-corrected chi connectivity index (χ1v) is 6.21. The van der Waals surface area contributed by atoms with Crippen molar-refractivity contribution in [1.29, 1.82) is 0 Å². The maximum atomic E-state index is 11.9. The highest BCUT2D eigenvalue weighted by atomic mass is 35.5. The summed E-state index contributed by atoms with van der Waals surface area (Å²) < 4.78 is 5.63. The monoisotopic (exact) mass is 267 g/mol. The Kier molecular flexibility index (Phi) is 5.72. The van der Waals surface area contributed by atoms with Gasteiger partial charge in [-0.1, -0.05) is 18.5 Å². The minimum absolute atomic E-state index is 0.0406. The van der Waals surface area contributed by atoms with Crippen LogP contribution in [0.1, 0.15) is 13.3 Å². The molecule has 0 heterocycles. The van der Waals surface area contributed by atoms with E-state index in [0.29, 0.717) is 17.2 Å². The summed E-state index contributed by atoms with van der Waals surface area (Å²) in [7, 11) is 3.73. The van der Waals surface area contributed by atoms with Crippen LogP contribution < -0.4 is 4.74 Å². The molecule has 1 aromatic carbocycles. The van der Waals surface area contributed by atoms with Crippen LogP contribution in [0.4, 0.5) is 0 Å². The molecule has 0 bridgehead atoms. The summed E-state index contributed by atoms with van der Waals surface area (Å²) >= 11 is 5.79. The van der Waals surface area contributed by atoms with Crippen LogP contribution in [0.3, 0.4) is 0 Å². The molecule has 3 nitrogen and oxygen atoms in total. The second kappa shape index (κ2) is 7.07. The maximum Gasteiger partial charge on any atom is 0.197 e. The van der Waals surface area contributed by atoms with Crippen LogP contribution in [0.25, 0.3) is 0 Å². The van der Waals surface area contributed by atoms with Crippen molar-refractivity contribution in [3.8, 4) is 5.75 Å². The molecule has 0 radical (unpaired) electrons. The van der Waals surface area contributed by atoms with E-state index in [-0.39, 0.29) is 5.78 Å². The van der Waals surface area contributed by atoms with E-state index in [4.69, 9.17) is 16.3 Å². The van der Waals surface area contributed by atoms with Crippen molar-refractivity contribution in [3.63, 3.8) is 0 Å². The lowest BCUT2D eigenvalue weighted by Crippen LogP contribution is -2.25. The number of ether oxygens (including phenoxy) is 1. The number of carbonyl (C=O) groups is 1. The van der Waals surface area contributed by atoms with Gasteiger partial charge in [0, 0.05) is 31.4 Å². The molecule has 1 atom stereocenters. The lowest BCUT2D eigenvalue weighted by molar-refractivity contribution is -0.121. The van der Waals surface area contributed by atoms with Crippen LogP contribution in [-0.2, 0) is 4.79 Å². The molecule has 4 heteroatoms. The maximum absolute atomic E-state index is 11.9. The number of hydrogen-bond donors (Lipinski definition) is 0. The molecule has 0 aliphatic carbocycles. The van der Waals surface area contributed by atoms with Gasteiger partial charge in [0.25, 0.3) is 0 Å². The van der Waals surface area contributed by atoms with Crippen LogP contribution in [-0.4, -0.2) is 30.9 Å². The first kappa shape index (κ1) is 14.6. The van der Waals surface area contributed by atoms with Crippen LogP contribution in [0, 0.1) is 0 Å². The molecule has 0 saturated heterocycles. The molecule has 0 N–H and O–H groups in total. The molecule has 0 aliphatic rings. The molecular weight excluding hydrogens is 250 g/mol. The zero-order valence-electron chi connectivity index (χ0n) is 10.9. The molecule has 1 rings (SSSR count). The minimum atomic E-state index is -0.456. The van der Waals surface area contributed by atoms with Crippen LogP contribution in [0.2, 0.25) is 5.02 Å². The zero-order chi connectivity index (χ0) is 13.5. The van der Waals surface area contributed by atoms with E-state index in [0.717, 1.165) is 0 Å². The highest BCUT2D eigenvalue weighted by Gasteiger charge is 2.15. The molecule has 0 aliphatic heterocycles. The van der Waals surface area contributed by atoms with E-state index < -0.39 is 6.10 Å². The van der Waals surface area contributed by atoms with Gasteiger partial charge in [0.05, 0.1) is 0 Å². The Labute approximate surface area is 113 Å². The predicted octanol–water partition coefficient (Wildman–Crippen LogP) is 3.14. The molecule has 0 saturated carbocycles. The SMILES string of the molecule is CCC(Oc1ccc(Cl)cc1)C(=O)/C=C\N(C)C. The highest BCUT2D eigenvalue weighted by molar-refractivity contribution is 6.30. The first-order chi connectivity index (χ1) is 8.52. The molecule has 1 aromatic rings. The lowest BCUT2D eigenvalue weighted by atomic mass is 10.2. The van der Waals surface area contributed by atoms with Crippen LogP contribution >= 0.6 is 11.6 Å². The summed E-state index contributed by atoms with van der Waals surface area (Å²) in [6.07, 6.45) is 3.42. The van der Waals surface area contributed by atoms with Crippen molar-refractivity contribution in [3.05, 3.63) is 41.6 Å². The first-order valence-electron chi connectivity index (χ1n) is 5.83. The van der Waals surface area contributed by atoms with E-state index >= 15 is 0 Å². The number of nitrogens with zero attached hydrogens (tertiary/aromatic N) is 1. The number of rotatable bonds is 6. The Morgan fingerprint density at radius 3 is 2.50 bits per heavy atom. The summed E-state index contributed by atoms with van der Waals surface area (Å²) in [4.78, 5) is 13.7. The van der Waals surface area contributed by atoms with Gasteiger partial charge >= 0.3 is 0 Å². The normalized spacial score (nSPS) is 12.4. The largest absolute Gasteiger partial charge is 0.482 e. The molecule has 0 spiro atoms. The second-order valence-corrected chi connectivity index (χ2v) is 4.59. The molecular formula is C14H18ClNO2. The molecule has 18 heavy (non-hydrogen) atoms. The van der Waals surface area contributed by atoms with Crippen LogP contribution in [0.15, 0.2) is 36.5 Å². The van der Waals surface area contributed by atoms with Crippen molar-refractivity contribution in [2.45, 2.75) is 19.4 Å². The van der Waals surface area contributed by atoms with Gasteiger partial charge in [-0.05, 0) is 30.7 Å². The Morgan fingerprint density at radius 1 is 1.39 bits per heavy atom. The van der Waals surface area contributed by atoms with Crippen LogP contribution in [0.5, 0.6) is 5.75 Å². The standard InChI is InChI=1S/C14H18ClNO2/c1-4-14(13(17)9-10-16(2)3)18-12-7-5-11(15)6-8-12/h5-10,14H,4H2,1-3H3/b10-9-. The van der Waals surface area contributed by atoms with Gasteiger partial charge in [-0.25, -0.2) is 0 Å². The van der Waals surface area contributed by atoms with E-state index in [1.807, 2.05) is 25.9 Å². The fourth-order valence-corrected chi connectivity index (χ4v) is 1.48. The topological polar surface area (TPSA) is 29.5 Å². The third-order valence-electron chi connectivity index (χ3n) is 2.32. The van der Waals surface area contributed by atoms with Crippen molar-refractivity contribution in [2.75, 3.05) is 14.1 Å². The van der Waals surface area contributed by atoms with E-state index in [1.54, 1.807) is 30.5 Å². The number of ketones is 1. The zero-order valence-corrected chi connectivity index (χ0v) is 11.6. The van der Waals surface area contributed by atoms with Crippen molar-refractivity contribution >= 4 is 17.4 Å². The van der Waals surface area contributed by atoms with Crippen molar-refractivity contribution < 1.29 is 9.53 Å². The number of halogens is 1. The Morgan fingerprint density at radius 2 is 2.00 bits per heavy atom. The van der Waals surface area contributed by atoms with Gasteiger partial charge in [0.1, 0.15) is 5.75 Å². The smallest absolute Gasteiger partial charge is 0.197 e. The quantitative estimate of drug-likeness (QED) is 0.742. The minimum Gasteiger partial charge on any atom is -0.482 e. The molecule has 0 aromatic heterocycles. The van der Waals surface area contributed by atoms with E-state index in [9.17, 15) is 4.79 Å². The van der Waals surface area contributed by atoms with Gasteiger partial charge in [-0.3, -0.25) is 4.79 Å². The summed E-state index contributed by atoms with van der Waals surface area (Å²) in [5, 5.41) is 0.647. The Bertz CT molecular complexity index is 412. The highest BCUT2D eigenvalue weighted by Crippen LogP contribution is 2.18. The van der Waals surface area contributed by atoms with E-state index in [1.165, 1.54) is 6.08 Å². The summed E-state index contributed by atoms with van der Waals surface area (Å²) in [5.41, 5.74) is 0. The van der Waals surface area contributed by atoms with Gasteiger partial charge in [0.15, 0.2) is 11.9 Å². The number of hydrogen-bond acceptors (Lipinski definition) is 3. The predicted molar refractivity (Wildman–Crippen MR) is 74.0 cm³/mol. The second-order valence-electron chi connectivity index (χ2n) is 4.15. The third-order valence-corrected chi connectivity index (χ3v) is 2.57. The Hall–Kier alpha value is -1.48. The lowest BCUT2D eigenvalue weighted by Gasteiger charge is -2.15. The summed E-state index contributed by atoms with van der Waals surface area (Å²) in [6, 6.07) is 7.00. The average molecular weight is 268 g/mol. The third kappa shape index (κ3) is 4.80. The van der Waals surface area contributed by atoms with Gasteiger partial charge in [0.2, 0.25) is 0 Å². The average Bonchev–Trinajstić information content (AvgIpc) is 2.35. The van der Waals surface area contributed by atoms with Crippen molar-refractivity contribution in [2.24, 2.45) is 0 Å². The molecule has 0 fully saturated rings. The fraction of sp³-hybridized carbons (Fsp3) is 0.357. The summed E-state index contributed by atoms with van der Waals surface area (Å²) in [5.74, 6) is 0.610. The fourth-order valence-electron chi connectivity index (χ4n) is 1.35. The molecule has 0 amide bonds. The van der Waals surface area contributed by atoms with Crippen molar-refractivity contribution in [1.82, 2.24) is 4.90 Å².